The molecule has 0 unspecified atom stereocenters. The van der Waals surface area contributed by atoms with Crippen molar-refractivity contribution in [2.45, 2.75) is 112 Å². The second kappa shape index (κ2) is 17.6. The molecule has 1 aliphatic carbocycles. The van der Waals surface area contributed by atoms with Crippen molar-refractivity contribution >= 4 is 55.4 Å². The van der Waals surface area contributed by atoms with Gasteiger partial charge < -0.3 is 39.0 Å². The van der Waals surface area contributed by atoms with Gasteiger partial charge >= 0.3 is 0 Å². The van der Waals surface area contributed by atoms with E-state index in [1.54, 1.807) is 6.07 Å². The van der Waals surface area contributed by atoms with Gasteiger partial charge in [0.1, 0.15) is 24.0 Å². The minimum atomic E-state index is -4.69. The van der Waals surface area contributed by atoms with Crippen LogP contribution in [0.2, 0.25) is 0 Å². The van der Waals surface area contributed by atoms with Gasteiger partial charge in [-0.15, -0.1) is 0 Å². The topological polar surface area (TPSA) is 197 Å². The summed E-state index contributed by atoms with van der Waals surface area (Å²) >= 11 is 0. The number of hydrogen-bond acceptors (Lipinski definition) is 15. The lowest BCUT2D eigenvalue weighted by Gasteiger charge is -2.56. The second-order valence-corrected chi connectivity index (χ2v) is 23.4. The van der Waals surface area contributed by atoms with Gasteiger partial charge in [-0.1, -0.05) is 38.1 Å². The highest BCUT2D eigenvalue weighted by molar-refractivity contribution is 7.90. The average Bonchev–Trinajstić information content (AvgIpc) is 4.24. The third kappa shape index (κ3) is 7.93. The van der Waals surface area contributed by atoms with E-state index in [0.717, 1.165) is 62.6 Å². The number of H-pyrrole nitrogens is 1. The molecule has 2 aromatic heterocycles. The molecule has 2 bridgehead atoms. The Hall–Kier alpha value is -5.99. The Balaban J connectivity index is 0.778. The third-order valence-electron chi connectivity index (χ3n) is 17.1. The summed E-state index contributed by atoms with van der Waals surface area (Å²) in [6.07, 6.45) is 9.47. The average molecular weight is 1000 g/mol. The number of amides is 1. The van der Waals surface area contributed by atoms with Crippen LogP contribution in [0.3, 0.4) is 0 Å². The number of nitrogens with one attached hydrogen (secondary N) is 3. The molecule has 5 saturated heterocycles. The summed E-state index contributed by atoms with van der Waals surface area (Å²) in [5.41, 5.74) is 5.64. The van der Waals surface area contributed by atoms with Gasteiger partial charge in [-0.05, 0) is 104 Å². The third-order valence-corrected chi connectivity index (χ3v) is 18.4. The Kier molecular flexibility index (Phi) is 11.2. The molecule has 7 aliphatic heterocycles. The zero-order chi connectivity index (χ0) is 49.0. The Morgan fingerprint density at radius 2 is 1.83 bits per heavy atom. The molecule has 378 valence electrons. The minimum absolute atomic E-state index is 0.0266. The Morgan fingerprint density at radius 1 is 0.986 bits per heavy atom. The van der Waals surface area contributed by atoms with Crippen LogP contribution < -0.4 is 29.3 Å². The van der Waals surface area contributed by atoms with Crippen molar-refractivity contribution in [2.75, 3.05) is 74.3 Å². The van der Waals surface area contributed by atoms with Crippen molar-refractivity contribution in [3.05, 3.63) is 99.7 Å². The monoisotopic (exact) mass is 999 g/mol. The maximum absolute atomic E-state index is 14.8. The number of aromatic amines is 1. The standard InChI is InChI=1S/C53H61N9O9S/c1-31(2)39-6-3-4-7-40(39)42-8-5-15-60(42)36-23-53(24-36)12-16-58(17-13-53)34-9-10-41(43(20-34)61-45-18-32-11-14-54-50(32)56-52(45)71-48-30-68-29-46(48)61)51(63)57-72(66,67)38-21-44(62(64)65)49-47(22-38)70-27-33(55-49)25-59-26-37-19-35(59)28-69-37/h3-4,6-7,9-11,14,18,20-22,31,33,35-37,42,46,48,55H,5,8,12-13,15-17,19,23-30H2,1-2H3,(H,54,56)(H,57,63)/t33-,35-,37-,42+,46-,48-/m1/s1. The fraction of sp³-hybridized carbons (Fsp3) is 0.509. The van der Waals surface area contributed by atoms with Gasteiger partial charge in [0.2, 0.25) is 5.88 Å². The number of nitro benzene ring substituents is 1. The van der Waals surface area contributed by atoms with Crippen LogP contribution >= 0.6 is 0 Å². The maximum Gasteiger partial charge on any atom is 0.297 e. The molecular formula is C53H61N9O9S. The Morgan fingerprint density at radius 3 is 2.62 bits per heavy atom. The zero-order valence-electron chi connectivity index (χ0n) is 40.6. The van der Waals surface area contributed by atoms with E-state index in [0.29, 0.717) is 73.3 Å². The molecule has 9 heterocycles. The number of aromatic nitrogens is 2. The molecule has 72 heavy (non-hydrogen) atoms. The van der Waals surface area contributed by atoms with E-state index < -0.39 is 37.5 Å². The summed E-state index contributed by atoms with van der Waals surface area (Å²) < 4.78 is 55.2. The van der Waals surface area contributed by atoms with E-state index in [-0.39, 0.29) is 47.2 Å². The van der Waals surface area contributed by atoms with E-state index >= 15 is 0 Å². The number of hydrogen-bond donors (Lipinski definition) is 3. The summed E-state index contributed by atoms with van der Waals surface area (Å²) in [4.78, 5) is 43.7. The minimum Gasteiger partial charge on any atom is -0.489 e. The molecule has 1 saturated carbocycles. The number of sulfonamides is 1. The fourth-order valence-electron chi connectivity index (χ4n) is 13.4. The molecule has 6 atom stereocenters. The summed E-state index contributed by atoms with van der Waals surface area (Å²) in [5.74, 6) is -0.0142. The fourth-order valence-corrected chi connectivity index (χ4v) is 14.4. The molecule has 8 aliphatic rings. The first-order valence-corrected chi connectivity index (χ1v) is 27.3. The predicted molar refractivity (Wildman–Crippen MR) is 270 cm³/mol. The SMILES string of the molecule is CC(C)c1ccccc1[C@@H]1CCCN1C1CC2(CCN(c3ccc(C(=O)NS(=O)(=O)c4cc5c(c([N+](=O)[O-])c4)N[C@H](CN4C[C@H]6C[C@@H]4CO6)CO5)c(N4c5cc6cc[nH]c6nc5O[C@@H]5COC[C@H]54)c3)CC2)C1. The predicted octanol–water partition coefficient (Wildman–Crippen LogP) is 7.24. The maximum atomic E-state index is 14.8. The molecule has 0 radical (unpaired) electrons. The first kappa shape index (κ1) is 45.8. The number of morpholine rings is 1. The zero-order valence-corrected chi connectivity index (χ0v) is 41.4. The number of pyridine rings is 1. The van der Waals surface area contributed by atoms with Crippen molar-refractivity contribution in [1.82, 2.24) is 24.5 Å². The Bertz CT molecular complexity index is 3080. The molecule has 3 aromatic carbocycles. The molecule has 19 heteroatoms. The van der Waals surface area contributed by atoms with Crippen LogP contribution in [-0.4, -0.2) is 135 Å². The lowest BCUT2D eigenvalue weighted by molar-refractivity contribution is -0.384. The van der Waals surface area contributed by atoms with Gasteiger partial charge in [0, 0.05) is 73.7 Å². The number of piperidine rings is 1. The normalized spacial score (nSPS) is 26.8. The summed E-state index contributed by atoms with van der Waals surface area (Å²) in [6.45, 7) is 10.2. The number of likely N-dealkylation sites (tertiary alicyclic amines) is 2. The van der Waals surface area contributed by atoms with Crippen LogP contribution in [0.4, 0.5) is 28.4 Å². The van der Waals surface area contributed by atoms with Gasteiger partial charge in [-0.2, -0.15) is 4.98 Å². The highest BCUT2D eigenvalue weighted by atomic mass is 32.2. The van der Waals surface area contributed by atoms with E-state index in [4.69, 9.17) is 23.9 Å². The first-order chi connectivity index (χ1) is 34.9. The summed E-state index contributed by atoms with van der Waals surface area (Å²) in [7, 11) is -4.69. The lowest BCUT2D eigenvalue weighted by atomic mass is 9.59. The van der Waals surface area contributed by atoms with Gasteiger partial charge in [0.05, 0.1) is 59.1 Å². The number of benzene rings is 3. The molecule has 6 fully saturated rings. The molecule has 1 amide bonds. The number of nitro groups is 1. The van der Waals surface area contributed by atoms with Gasteiger partial charge in [-0.25, -0.2) is 13.1 Å². The largest absolute Gasteiger partial charge is 0.489 e. The number of nitrogens with zero attached hydrogens (tertiary/aromatic N) is 6. The molecular weight excluding hydrogens is 939 g/mol. The second-order valence-electron chi connectivity index (χ2n) is 21.7. The Labute approximate surface area is 418 Å². The molecule has 5 aromatic rings. The van der Waals surface area contributed by atoms with E-state index in [1.807, 2.05) is 35.4 Å². The number of anilines is 4. The van der Waals surface area contributed by atoms with Gasteiger partial charge in [0.15, 0.2) is 11.4 Å². The van der Waals surface area contributed by atoms with E-state index in [1.165, 1.54) is 42.9 Å². The highest BCUT2D eigenvalue weighted by Crippen LogP contribution is 2.55. The van der Waals surface area contributed by atoms with Crippen LogP contribution in [0.15, 0.2) is 77.8 Å². The van der Waals surface area contributed by atoms with E-state index in [9.17, 15) is 23.3 Å². The van der Waals surface area contributed by atoms with Gasteiger partial charge in [0.25, 0.3) is 21.6 Å². The summed E-state index contributed by atoms with van der Waals surface area (Å²) in [5, 5.41) is 16.7. The first-order valence-electron chi connectivity index (χ1n) is 25.8. The number of rotatable bonds is 11. The quantitative estimate of drug-likeness (QED) is 0.0884. The van der Waals surface area contributed by atoms with Crippen molar-refractivity contribution in [3.8, 4) is 11.6 Å². The highest BCUT2D eigenvalue weighted by Gasteiger charge is 2.51. The lowest BCUT2D eigenvalue weighted by Crippen LogP contribution is -2.55. The van der Waals surface area contributed by atoms with Crippen LogP contribution in [0.25, 0.3) is 11.0 Å². The van der Waals surface area contributed by atoms with Crippen LogP contribution in [0.1, 0.15) is 92.2 Å². The number of carbonyl (C=O) groups excluding carboxylic acids is 1. The van der Waals surface area contributed by atoms with Crippen molar-refractivity contribution in [1.29, 1.82) is 0 Å². The van der Waals surface area contributed by atoms with Crippen LogP contribution in [-0.2, 0) is 19.5 Å². The molecule has 1 spiro atoms. The number of ether oxygens (including phenoxy) is 4. The summed E-state index contributed by atoms with van der Waals surface area (Å²) in [6, 6.07) is 21.4. The molecule has 3 N–H and O–H groups in total. The van der Waals surface area contributed by atoms with Crippen LogP contribution in [0, 0.1) is 15.5 Å². The smallest absolute Gasteiger partial charge is 0.297 e. The molecule has 18 nitrogen and oxygen atoms in total. The van der Waals surface area contributed by atoms with Crippen molar-refractivity contribution in [2.24, 2.45) is 5.41 Å². The number of fused-ring (bicyclic) bond motifs is 6. The van der Waals surface area contributed by atoms with Gasteiger partial charge in [-0.3, -0.25) is 24.7 Å². The van der Waals surface area contributed by atoms with E-state index in [2.05, 4.69) is 67.8 Å². The van der Waals surface area contributed by atoms with Crippen molar-refractivity contribution in [3.63, 3.8) is 0 Å². The van der Waals surface area contributed by atoms with Crippen LogP contribution in [0.5, 0.6) is 11.6 Å². The number of carbonyl (C=O) groups is 1. The van der Waals surface area contributed by atoms with Crippen molar-refractivity contribution < 1.29 is 37.1 Å². The molecule has 13 rings (SSSR count).